The number of carbonyl (C=O) groups excluding carboxylic acids is 2. The molecule has 3 heterocycles. The van der Waals surface area contributed by atoms with E-state index in [4.69, 9.17) is 9.47 Å². The van der Waals surface area contributed by atoms with Crippen LogP contribution in [0.1, 0.15) is 84.3 Å². The molecule has 7 atom stereocenters. The van der Waals surface area contributed by atoms with Crippen LogP contribution in [0.3, 0.4) is 0 Å². The third-order valence-corrected chi connectivity index (χ3v) is 8.85. The molecule has 8 nitrogen and oxygen atoms in total. The molecule has 2 fully saturated rings. The van der Waals surface area contributed by atoms with Crippen LogP contribution in [0.25, 0.3) is 6.08 Å². The number of cyclic esters (lactones) is 1. The molecule has 202 valence electrons. The second kappa shape index (κ2) is 11.4. The quantitative estimate of drug-likeness (QED) is 0.404. The van der Waals surface area contributed by atoms with Gasteiger partial charge in [-0.15, -0.1) is 11.3 Å². The zero-order valence-corrected chi connectivity index (χ0v) is 23.0. The molecule has 3 rings (SSSR count). The molecule has 0 amide bonds. The van der Waals surface area contributed by atoms with Gasteiger partial charge in [-0.05, 0) is 44.3 Å². The number of aromatic nitrogens is 1. The van der Waals surface area contributed by atoms with Gasteiger partial charge in [-0.2, -0.15) is 0 Å². The normalized spacial score (nSPS) is 36.8. The van der Waals surface area contributed by atoms with Crippen LogP contribution in [0.5, 0.6) is 0 Å². The molecule has 3 N–H and O–H groups in total. The number of thiazole rings is 1. The first-order chi connectivity index (χ1) is 16.8. The summed E-state index contributed by atoms with van der Waals surface area (Å²) in [5.41, 5.74) is -0.0964. The topological polar surface area (TPSA) is 129 Å². The molecule has 0 spiro atoms. The Morgan fingerprint density at radius 1 is 1.25 bits per heavy atom. The van der Waals surface area contributed by atoms with Gasteiger partial charge in [0.15, 0.2) is 0 Å². The second-order valence-corrected chi connectivity index (χ2v) is 12.2. The average Bonchev–Trinajstić information content (AvgIpc) is 3.23. The van der Waals surface area contributed by atoms with Crippen LogP contribution in [0.15, 0.2) is 11.0 Å². The fourth-order valence-electron chi connectivity index (χ4n) is 5.08. The van der Waals surface area contributed by atoms with Crippen molar-refractivity contribution in [2.24, 2.45) is 17.3 Å². The van der Waals surface area contributed by atoms with E-state index in [9.17, 15) is 24.9 Å². The maximum absolute atomic E-state index is 13.2. The first kappa shape index (κ1) is 28.9. The van der Waals surface area contributed by atoms with Crippen molar-refractivity contribution in [2.75, 3.05) is 0 Å². The number of ketones is 1. The lowest BCUT2D eigenvalue weighted by molar-refractivity contribution is -0.154. The Morgan fingerprint density at radius 3 is 2.58 bits per heavy atom. The van der Waals surface area contributed by atoms with E-state index in [2.05, 4.69) is 4.98 Å². The molecule has 0 aliphatic carbocycles. The van der Waals surface area contributed by atoms with E-state index in [0.29, 0.717) is 17.1 Å². The first-order valence-electron chi connectivity index (χ1n) is 12.8. The van der Waals surface area contributed by atoms with Crippen LogP contribution in [0.2, 0.25) is 0 Å². The zero-order chi connectivity index (χ0) is 26.8. The number of hydrogen-bond donors (Lipinski definition) is 3. The summed E-state index contributed by atoms with van der Waals surface area (Å²) >= 11 is 1.35. The fourth-order valence-corrected chi connectivity index (χ4v) is 5.69. The summed E-state index contributed by atoms with van der Waals surface area (Å²) in [6.45, 7) is 10.6. The largest absolute Gasteiger partial charge is 0.458 e. The summed E-state index contributed by atoms with van der Waals surface area (Å²) in [6.07, 6.45) is 1.60. The van der Waals surface area contributed by atoms with Crippen molar-refractivity contribution in [2.45, 2.75) is 110 Å². The summed E-state index contributed by atoms with van der Waals surface area (Å²) in [5, 5.41) is 33.4. The van der Waals surface area contributed by atoms with E-state index in [-0.39, 0.29) is 36.4 Å². The van der Waals surface area contributed by atoms with Crippen LogP contribution in [0.4, 0.5) is 0 Å². The molecule has 9 heteroatoms. The van der Waals surface area contributed by atoms with Crippen LogP contribution >= 0.6 is 11.3 Å². The van der Waals surface area contributed by atoms with Gasteiger partial charge in [-0.1, -0.05) is 34.1 Å². The van der Waals surface area contributed by atoms with Gasteiger partial charge in [-0.3, -0.25) is 9.59 Å². The first-order valence-corrected chi connectivity index (χ1v) is 13.7. The Morgan fingerprint density at radius 2 is 1.94 bits per heavy atom. The number of nitrogens with zero attached hydrogens (tertiary/aromatic N) is 1. The average molecular weight is 524 g/mol. The van der Waals surface area contributed by atoms with Crippen LogP contribution in [-0.4, -0.2) is 62.1 Å². The monoisotopic (exact) mass is 523 g/mol. The molecule has 1 unspecified atom stereocenters. The molecule has 36 heavy (non-hydrogen) atoms. The fraction of sp³-hybridized carbons (Fsp3) is 0.741. The minimum Gasteiger partial charge on any atom is -0.458 e. The molecule has 2 aliphatic heterocycles. The molecule has 1 aromatic heterocycles. The van der Waals surface area contributed by atoms with Gasteiger partial charge in [0.1, 0.15) is 16.9 Å². The van der Waals surface area contributed by atoms with Crippen molar-refractivity contribution in [1.29, 1.82) is 0 Å². The van der Waals surface area contributed by atoms with Gasteiger partial charge in [0.05, 0.1) is 48.0 Å². The SMILES string of the molecule is CC(=Cc1csc(CO)n1)[C@@H]1C[C@@H]2O[C@]2(C)CCC[C@H](C)[C@H](O)[C@@H](C)C(=O)C(C)(C)C(O)CC(=O)O1. The minimum atomic E-state index is -1.26. The predicted octanol–water partition coefficient (Wildman–Crippen LogP) is 3.66. The number of hydrogen-bond acceptors (Lipinski definition) is 9. The van der Waals surface area contributed by atoms with Gasteiger partial charge in [0.25, 0.3) is 0 Å². The number of aliphatic hydroxyl groups excluding tert-OH is 3. The van der Waals surface area contributed by atoms with Crippen molar-refractivity contribution in [3.8, 4) is 0 Å². The number of fused-ring (bicyclic) bond motifs is 1. The molecule has 2 aliphatic rings. The summed E-state index contributed by atoms with van der Waals surface area (Å²) in [6, 6.07) is 0. The standard InChI is InChI=1S/C27H41NO7S/c1-15-8-7-9-27(6)21(35-27)11-19(16(2)10-18-14-36-22(13-29)28-18)34-23(31)12-20(30)26(4,5)25(33)17(3)24(15)32/h10,14-15,17,19-21,24,29-30,32H,7-9,11-13H2,1-6H3/t15-,17+,19-,20?,21-,24-,27+/m0/s1. The molecule has 1 aromatic rings. The smallest absolute Gasteiger partial charge is 0.309 e. The van der Waals surface area contributed by atoms with E-state index in [0.717, 1.165) is 24.8 Å². The summed E-state index contributed by atoms with van der Waals surface area (Å²) in [5.74, 6) is -1.64. The maximum Gasteiger partial charge on any atom is 0.309 e. The molecular formula is C27H41NO7S. The van der Waals surface area contributed by atoms with E-state index in [1.54, 1.807) is 20.8 Å². The van der Waals surface area contributed by atoms with E-state index < -0.39 is 35.6 Å². The summed E-state index contributed by atoms with van der Waals surface area (Å²) < 4.78 is 11.9. The summed E-state index contributed by atoms with van der Waals surface area (Å²) in [4.78, 5) is 30.5. The van der Waals surface area contributed by atoms with Gasteiger partial charge in [0.2, 0.25) is 0 Å². The highest BCUT2D eigenvalue weighted by atomic mass is 32.1. The summed E-state index contributed by atoms with van der Waals surface area (Å²) in [7, 11) is 0. The van der Waals surface area contributed by atoms with Crippen LogP contribution in [-0.2, 0) is 25.7 Å². The Labute approximate surface area is 217 Å². The molecule has 2 saturated heterocycles. The Kier molecular flexibility index (Phi) is 9.15. The van der Waals surface area contributed by atoms with Crippen molar-refractivity contribution in [3.63, 3.8) is 0 Å². The molecule has 0 saturated carbocycles. The highest BCUT2D eigenvalue weighted by molar-refractivity contribution is 7.09. The lowest BCUT2D eigenvalue weighted by Gasteiger charge is -2.34. The molecular weight excluding hydrogens is 482 g/mol. The Hall–Kier alpha value is -1.65. The van der Waals surface area contributed by atoms with Gasteiger partial charge >= 0.3 is 5.97 Å². The van der Waals surface area contributed by atoms with Crippen molar-refractivity contribution >= 4 is 29.2 Å². The Balaban J connectivity index is 1.85. The predicted molar refractivity (Wildman–Crippen MR) is 137 cm³/mol. The minimum absolute atomic E-state index is 0.0860. The van der Waals surface area contributed by atoms with E-state index >= 15 is 0 Å². The van der Waals surface area contributed by atoms with E-state index in [1.807, 2.05) is 32.2 Å². The maximum atomic E-state index is 13.2. The third kappa shape index (κ3) is 6.61. The highest BCUT2D eigenvalue weighted by Gasteiger charge is 2.53. The van der Waals surface area contributed by atoms with Gasteiger partial charge in [-0.25, -0.2) is 4.98 Å². The third-order valence-electron chi connectivity index (χ3n) is 8.00. The number of Topliss-reactive ketones (excluding diaryl/α,β-unsaturated/α-hetero) is 1. The highest BCUT2D eigenvalue weighted by Crippen LogP contribution is 2.45. The lowest BCUT2D eigenvalue weighted by atomic mass is 9.73. The van der Waals surface area contributed by atoms with Crippen molar-refractivity contribution < 1.29 is 34.4 Å². The second-order valence-electron chi connectivity index (χ2n) is 11.3. The van der Waals surface area contributed by atoms with Gasteiger partial charge < -0.3 is 24.8 Å². The molecule has 0 radical (unpaired) electrons. The van der Waals surface area contributed by atoms with Crippen LogP contribution in [0, 0.1) is 17.3 Å². The van der Waals surface area contributed by atoms with Crippen LogP contribution < -0.4 is 0 Å². The number of carbonyl (C=O) groups is 2. The number of rotatable bonds is 3. The lowest BCUT2D eigenvalue weighted by Crippen LogP contribution is -2.45. The van der Waals surface area contributed by atoms with Crippen molar-refractivity contribution in [3.05, 3.63) is 21.7 Å². The van der Waals surface area contributed by atoms with E-state index in [1.165, 1.54) is 11.3 Å². The number of ether oxygens (including phenoxy) is 2. The molecule has 0 aromatic carbocycles. The van der Waals surface area contributed by atoms with Crippen molar-refractivity contribution in [1.82, 2.24) is 4.98 Å². The van der Waals surface area contributed by atoms with Gasteiger partial charge in [0, 0.05) is 17.7 Å². The molecule has 0 bridgehead atoms. The zero-order valence-electron chi connectivity index (χ0n) is 22.2. The Bertz CT molecular complexity index is 973. The number of epoxide rings is 1. The number of esters is 1. The number of aliphatic hydroxyl groups is 3.